The standard InChI is InChI=1S/C16H16O2S/c1-11-4-3-5-15(8-11)19-10-14-9-13(12(2)17)6-7-16(14)18/h3-9,18H,10H2,1-2H3. The van der Waals surface area contributed by atoms with Crippen LogP contribution in [0.5, 0.6) is 5.75 Å². The fourth-order valence-corrected chi connectivity index (χ4v) is 2.78. The first-order chi connectivity index (χ1) is 9.06. The van der Waals surface area contributed by atoms with Gasteiger partial charge in [-0.15, -0.1) is 11.8 Å². The minimum Gasteiger partial charge on any atom is -0.508 e. The molecule has 0 radical (unpaired) electrons. The van der Waals surface area contributed by atoms with Crippen molar-refractivity contribution in [1.29, 1.82) is 0 Å². The van der Waals surface area contributed by atoms with Crippen LogP contribution in [-0.4, -0.2) is 10.9 Å². The average Bonchev–Trinajstić information content (AvgIpc) is 2.37. The number of hydrogen-bond acceptors (Lipinski definition) is 3. The lowest BCUT2D eigenvalue weighted by Gasteiger charge is -2.07. The molecule has 0 bridgehead atoms. The lowest BCUT2D eigenvalue weighted by molar-refractivity contribution is 0.101. The van der Waals surface area contributed by atoms with E-state index in [1.807, 2.05) is 12.1 Å². The van der Waals surface area contributed by atoms with E-state index in [9.17, 15) is 9.90 Å². The first-order valence-electron chi connectivity index (χ1n) is 6.08. The van der Waals surface area contributed by atoms with Crippen LogP contribution in [-0.2, 0) is 5.75 Å². The molecular weight excluding hydrogens is 256 g/mol. The second-order valence-electron chi connectivity index (χ2n) is 4.50. The maximum absolute atomic E-state index is 11.3. The van der Waals surface area contributed by atoms with Gasteiger partial charge in [-0.25, -0.2) is 0 Å². The van der Waals surface area contributed by atoms with Gasteiger partial charge in [0.15, 0.2) is 5.78 Å². The van der Waals surface area contributed by atoms with Crippen molar-refractivity contribution >= 4 is 17.5 Å². The van der Waals surface area contributed by atoms with Gasteiger partial charge in [0.25, 0.3) is 0 Å². The van der Waals surface area contributed by atoms with E-state index in [-0.39, 0.29) is 11.5 Å². The molecule has 0 amide bonds. The van der Waals surface area contributed by atoms with Crippen molar-refractivity contribution in [1.82, 2.24) is 0 Å². The van der Waals surface area contributed by atoms with Crippen LogP contribution in [0, 0.1) is 6.92 Å². The lowest BCUT2D eigenvalue weighted by atomic mass is 10.1. The van der Waals surface area contributed by atoms with Crippen LogP contribution in [0.3, 0.4) is 0 Å². The highest BCUT2D eigenvalue weighted by Gasteiger charge is 2.06. The number of aryl methyl sites for hydroxylation is 1. The second-order valence-corrected chi connectivity index (χ2v) is 5.55. The first-order valence-corrected chi connectivity index (χ1v) is 7.07. The van der Waals surface area contributed by atoms with Crippen molar-refractivity contribution < 1.29 is 9.90 Å². The summed E-state index contributed by atoms with van der Waals surface area (Å²) in [6.07, 6.45) is 0. The third kappa shape index (κ3) is 3.61. The minimum absolute atomic E-state index is 0.0156. The molecule has 0 saturated heterocycles. The molecule has 2 nitrogen and oxygen atoms in total. The number of carbonyl (C=O) groups is 1. The summed E-state index contributed by atoms with van der Waals surface area (Å²) in [5.74, 6) is 0.906. The third-order valence-corrected chi connectivity index (χ3v) is 3.91. The number of aromatic hydroxyl groups is 1. The zero-order valence-electron chi connectivity index (χ0n) is 11.0. The second kappa shape index (κ2) is 5.93. The Hall–Kier alpha value is -1.74. The Morgan fingerprint density at radius 1 is 1.21 bits per heavy atom. The summed E-state index contributed by atoms with van der Waals surface area (Å²) in [6.45, 7) is 3.59. The molecule has 0 fully saturated rings. The van der Waals surface area contributed by atoms with Crippen LogP contribution >= 0.6 is 11.8 Å². The van der Waals surface area contributed by atoms with Crippen LogP contribution in [0.1, 0.15) is 28.4 Å². The Morgan fingerprint density at radius 2 is 2.00 bits per heavy atom. The molecule has 2 aromatic rings. The maximum atomic E-state index is 11.3. The van der Waals surface area contributed by atoms with Crippen molar-refractivity contribution in [3.63, 3.8) is 0 Å². The summed E-state index contributed by atoms with van der Waals surface area (Å²) in [6, 6.07) is 13.2. The van der Waals surface area contributed by atoms with Gasteiger partial charge in [0.1, 0.15) is 5.75 Å². The Morgan fingerprint density at radius 3 is 2.68 bits per heavy atom. The largest absolute Gasteiger partial charge is 0.508 e. The highest BCUT2D eigenvalue weighted by atomic mass is 32.2. The molecule has 0 aromatic heterocycles. The molecule has 0 saturated carbocycles. The molecule has 1 N–H and O–H groups in total. The molecule has 2 rings (SSSR count). The minimum atomic E-state index is 0.0156. The summed E-state index contributed by atoms with van der Waals surface area (Å²) in [5.41, 5.74) is 2.64. The fraction of sp³-hybridized carbons (Fsp3) is 0.188. The predicted molar refractivity (Wildman–Crippen MR) is 78.9 cm³/mol. The first kappa shape index (κ1) is 13.7. The molecule has 3 heteroatoms. The number of hydrogen-bond donors (Lipinski definition) is 1. The van der Waals surface area contributed by atoms with Crippen molar-refractivity contribution in [2.24, 2.45) is 0 Å². The Bertz CT molecular complexity index is 605. The predicted octanol–water partition coefficient (Wildman–Crippen LogP) is 4.20. The maximum Gasteiger partial charge on any atom is 0.159 e. The van der Waals surface area contributed by atoms with Gasteiger partial charge in [0.2, 0.25) is 0 Å². The molecule has 0 aliphatic heterocycles. The Kier molecular flexibility index (Phi) is 4.27. The smallest absolute Gasteiger partial charge is 0.159 e. The normalized spacial score (nSPS) is 10.4. The van der Waals surface area contributed by atoms with Gasteiger partial charge < -0.3 is 5.11 Å². The summed E-state index contributed by atoms with van der Waals surface area (Å²) < 4.78 is 0. The van der Waals surface area contributed by atoms with Crippen LogP contribution < -0.4 is 0 Å². The van der Waals surface area contributed by atoms with E-state index in [0.29, 0.717) is 11.3 Å². The van der Waals surface area contributed by atoms with Crippen LogP contribution in [0.25, 0.3) is 0 Å². The topological polar surface area (TPSA) is 37.3 Å². The molecule has 0 unspecified atom stereocenters. The van der Waals surface area contributed by atoms with Crippen molar-refractivity contribution in [2.45, 2.75) is 24.5 Å². The molecule has 0 atom stereocenters. The van der Waals surface area contributed by atoms with Crippen LogP contribution in [0.2, 0.25) is 0 Å². The quantitative estimate of drug-likeness (QED) is 0.669. The van der Waals surface area contributed by atoms with Crippen molar-refractivity contribution in [2.75, 3.05) is 0 Å². The zero-order valence-corrected chi connectivity index (χ0v) is 11.8. The summed E-state index contributed by atoms with van der Waals surface area (Å²) in [7, 11) is 0. The van der Waals surface area contributed by atoms with E-state index in [1.165, 1.54) is 12.5 Å². The van der Waals surface area contributed by atoms with E-state index < -0.39 is 0 Å². The Balaban J connectivity index is 2.15. The summed E-state index contributed by atoms with van der Waals surface area (Å²) in [4.78, 5) is 12.5. The number of phenols is 1. The van der Waals surface area contributed by atoms with Gasteiger partial charge in [-0.05, 0) is 44.2 Å². The number of rotatable bonds is 4. The van der Waals surface area contributed by atoms with Gasteiger partial charge in [0, 0.05) is 21.8 Å². The number of carbonyl (C=O) groups excluding carboxylic acids is 1. The average molecular weight is 272 g/mol. The van der Waals surface area contributed by atoms with E-state index >= 15 is 0 Å². The molecule has 0 spiro atoms. The van der Waals surface area contributed by atoms with Gasteiger partial charge in [-0.1, -0.05) is 17.7 Å². The zero-order chi connectivity index (χ0) is 13.8. The van der Waals surface area contributed by atoms with E-state index in [2.05, 4.69) is 19.1 Å². The molecule has 98 valence electrons. The molecule has 2 aromatic carbocycles. The van der Waals surface area contributed by atoms with Gasteiger partial charge in [0.05, 0.1) is 0 Å². The summed E-state index contributed by atoms with van der Waals surface area (Å²) >= 11 is 1.65. The molecular formula is C16H16O2S. The SMILES string of the molecule is CC(=O)c1ccc(O)c(CSc2cccc(C)c2)c1. The van der Waals surface area contributed by atoms with Crippen molar-refractivity contribution in [3.05, 3.63) is 59.2 Å². The van der Waals surface area contributed by atoms with E-state index in [1.54, 1.807) is 30.0 Å². The number of thioether (sulfide) groups is 1. The highest BCUT2D eigenvalue weighted by molar-refractivity contribution is 7.98. The monoisotopic (exact) mass is 272 g/mol. The highest BCUT2D eigenvalue weighted by Crippen LogP contribution is 2.28. The molecule has 0 aliphatic carbocycles. The molecule has 0 aliphatic rings. The van der Waals surface area contributed by atoms with Crippen molar-refractivity contribution in [3.8, 4) is 5.75 Å². The van der Waals surface area contributed by atoms with Gasteiger partial charge in [-0.2, -0.15) is 0 Å². The third-order valence-electron chi connectivity index (χ3n) is 2.87. The number of phenolic OH excluding ortho intramolecular Hbond substituents is 1. The number of benzene rings is 2. The van der Waals surface area contributed by atoms with Crippen LogP contribution in [0.4, 0.5) is 0 Å². The van der Waals surface area contributed by atoms with Gasteiger partial charge >= 0.3 is 0 Å². The van der Waals surface area contributed by atoms with E-state index in [0.717, 1.165) is 10.5 Å². The number of ketones is 1. The van der Waals surface area contributed by atoms with Gasteiger partial charge in [-0.3, -0.25) is 4.79 Å². The van der Waals surface area contributed by atoms with Crippen LogP contribution in [0.15, 0.2) is 47.4 Å². The molecule has 0 heterocycles. The number of Topliss-reactive ketones (excluding diaryl/α,β-unsaturated/α-hetero) is 1. The lowest BCUT2D eigenvalue weighted by Crippen LogP contribution is -1.93. The summed E-state index contributed by atoms with van der Waals surface area (Å²) in [5, 5.41) is 9.82. The molecule has 19 heavy (non-hydrogen) atoms. The van der Waals surface area contributed by atoms with E-state index in [4.69, 9.17) is 0 Å². The Labute approximate surface area is 117 Å². The fourth-order valence-electron chi connectivity index (χ4n) is 1.79.